The fourth-order valence-electron chi connectivity index (χ4n) is 3.06. The number of rotatable bonds is 3. The molecule has 0 bridgehead atoms. The summed E-state index contributed by atoms with van der Waals surface area (Å²) < 4.78 is 10.6. The van der Waals surface area contributed by atoms with Crippen LogP contribution in [0, 0.1) is 5.41 Å². The molecule has 188 valence electrons. The Morgan fingerprint density at radius 3 is 2.00 bits per heavy atom. The van der Waals surface area contributed by atoms with Crippen LogP contribution in [-0.2, 0) is 15.4 Å². The molecule has 2 N–H and O–H groups in total. The lowest BCUT2D eigenvalue weighted by Gasteiger charge is -2.36. The molecule has 0 radical (unpaired) electrons. The minimum atomic E-state index is -1.02. The molecule has 1 heterocycles. The number of guanidine groups is 1. The molecule has 1 aromatic carbocycles. The van der Waals surface area contributed by atoms with Crippen molar-refractivity contribution in [2.24, 2.45) is 0 Å². The van der Waals surface area contributed by atoms with Gasteiger partial charge in [-0.15, -0.1) is 16.5 Å². The average molecular weight is 496 g/mol. The molecule has 0 aliphatic carbocycles. The van der Waals surface area contributed by atoms with Crippen molar-refractivity contribution in [2.75, 3.05) is 26.2 Å². The van der Waals surface area contributed by atoms with Gasteiger partial charge in [0.25, 0.3) is 5.91 Å². The van der Waals surface area contributed by atoms with E-state index in [2.05, 4.69) is 5.43 Å². The first-order valence-corrected chi connectivity index (χ1v) is 11.5. The number of nitrogens with zero attached hydrogens (tertiary/aromatic N) is 3. The van der Waals surface area contributed by atoms with Crippen molar-refractivity contribution < 1.29 is 23.9 Å². The summed E-state index contributed by atoms with van der Waals surface area (Å²) >= 11 is 5.87. The first-order chi connectivity index (χ1) is 15.7. The van der Waals surface area contributed by atoms with Gasteiger partial charge in [-0.25, -0.2) is 14.6 Å². The zero-order valence-electron chi connectivity index (χ0n) is 20.6. The van der Waals surface area contributed by atoms with Crippen molar-refractivity contribution in [1.29, 1.82) is 5.41 Å². The second-order valence-corrected chi connectivity index (χ2v) is 10.1. The zero-order chi connectivity index (χ0) is 25.7. The zero-order valence-corrected chi connectivity index (χ0v) is 21.4. The van der Waals surface area contributed by atoms with Crippen LogP contribution in [0.1, 0.15) is 57.5 Å². The van der Waals surface area contributed by atoms with Crippen molar-refractivity contribution >= 4 is 35.7 Å². The molecule has 1 aliphatic rings. The Morgan fingerprint density at radius 2 is 1.53 bits per heavy atom. The predicted octanol–water partition coefficient (Wildman–Crippen LogP) is 3.79. The third-order valence-corrected chi connectivity index (χ3v) is 4.84. The van der Waals surface area contributed by atoms with E-state index in [1.54, 1.807) is 69.7 Å². The van der Waals surface area contributed by atoms with Crippen LogP contribution in [0.25, 0.3) is 0 Å². The lowest BCUT2D eigenvalue weighted by Crippen LogP contribution is -2.59. The van der Waals surface area contributed by atoms with Crippen molar-refractivity contribution in [2.45, 2.75) is 58.6 Å². The van der Waals surface area contributed by atoms with Crippen LogP contribution >= 0.6 is 11.6 Å². The van der Waals surface area contributed by atoms with Gasteiger partial charge in [-0.05, 0) is 59.2 Å². The summed E-state index contributed by atoms with van der Waals surface area (Å²) in [5.41, 5.74) is 2.44. The maximum absolute atomic E-state index is 12.8. The van der Waals surface area contributed by atoms with Crippen LogP contribution in [0.3, 0.4) is 0 Å². The van der Waals surface area contributed by atoms with E-state index in [4.69, 9.17) is 26.5 Å². The Bertz CT molecular complexity index is 889. The highest BCUT2D eigenvalue weighted by Gasteiger charge is 2.35. The molecule has 0 saturated carbocycles. The molecule has 1 aliphatic heterocycles. The van der Waals surface area contributed by atoms with E-state index < -0.39 is 29.3 Å². The second kappa shape index (κ2) is 11.1. The fraction of sp³-hybridized carbons (Fsp3) is 0.565. The highest BCUT2D eigenvalue weighted by Crippen LogP contribution is 2.16. The van der Waals surface area contributed by atoms with Crippen LogP contribution < -0.4 is 5.43 Å². The summed E-state index contributed by atoms with van der Waals surface area (Å²) in [6.07, 6.45) is -2.04. The quantitative estimate of drug-likeness (QED) is 0.372. The first-order valence-electron chi connectivity index (χ1n) is 11.0. The van der Waals surface area contributed by atoms with Crippen molar-refractivity contribution in [3.8, 4) is 0 Å². The molecule has 2 rings (SSSR count). The number of nitrogens with one attached hydrogen (secondary N) is 2. The van der Waals surface area contributed by atoms with Gasteiger partial charge in [0.15, 0.2) is 0 Å². The highest BCUT2D eigenvalue weighted by molar-refractivity contribution is 6.17. The maximum Gasteiger partial charge on any atom is 0.427 e. The van der Waals surface area contributed by atoms with E-state index in [9.17, 15) is 14.4 Å². The number of carbonyl (C=O) groups is 3. The molecule has 0 spiro atoms. The molecule has 1 aromatic rings. The first kappa shape index (κ1) is 27.4. The van der Waals surface area contributed by atoms with Gasteiger partial charge in [0, 0.05) is 37.6 Å². The monoisotopic (exact) mass is 495 g/mol. The van der Waals surface area contributed by atoms with Gasteiger partial charge < -0.3 is 14.4 Å². The van der Waals surface area contributed by atoms with Crippen molar-refractivity contribution in [3.05, 3.63) is 35.4 Å². The van der Waals surface area contributed by atoms with Crippen LogP contribution in [-0.4, -0.2) is 76.2 Å². The molecule has 1 fully saturated rings. The number of ether oxygens (including phenoxy) is 2. The van der Waals surface area contributed by atoms with E-state index in [1.165, 1.54) is 0 Å². The highest BCUT2D eigenvalue weighted by atomic mass is 35.5. The molecule has 3 amide bonds. The SMILES string of the molecule is CC(C)(C)OC(=O)N(C(=N)NN1CCN(C(=O)c2cccc(CCl)c2)CC1)C(=O)OC(C)(C)C. The van der Waals surface area contributed by atoms with Gasteiger partial charge in [0.1, 0.15) is 11.2 Å². The number of hydrogen-bond acceptors (Lipinski definition) is 7. The van der Waals surface area contributed by atoms with Gasteiger partial charge in [-0.3, -0.25) is 15.6 Å². The summed E-state index contributed by atoms with van der Waals surface area (Å²) in [6.45, 7) is 11.5. The lowest BCUT2D eigenvalue weighted by atomic mass is 10.1. The Labute approximate surface area is 205 Å². The van der Waals surface area contributed by atoms with Gasteiger partial charge in [0.2, 0.25) is 5.96 Å². The number of carbonyl (C=O) groups excluding carboxylic acids is 3. The predicted molar refractivity (Wildman–Crippen MR) is 129 cm³/mol. The van der Waals surface area contributed by atoms with Crippen molar-refractivity contribution in [1.82, 2.24) is 20.2 Å². The Kier molecular flexibility index (Phi) is 8.90. The Hall–Kier alpha value is -2.85. The molecule has 1 saturated heterocycles. The Balaban J connectivity index is 2.03. The summed E-state index contributed by atoms with van der Waals surface area (Å²) in [5.74, 6) is -0.281. The largest absolute Gasteiger partial charge is 0.443 e. The molecule has 10 nitrogen and oxygen atoms in total. The van der Waals surface area contributed by atoms with E-state index in [-0.39, 0.29) is 5.91 Å². The fourth-order valence-corrected chi connectivity index (χ4v) is 3.23. The molecular weight excluding hydrogens is 462 g/mol. The van der Waals surface area contributed by atoms with Crippen LogP contribution in [0.2, 0.25) is 0 Å². The Morgan fingerprint density at radius 1 is 1.00 bits per heavy atom. The summed E-state index contributed by atoms with van der Waals surface area (Å²) in [4.78, 5) is 40.4. The smallest absolute Gasteiger partial charge is 0.427 e. The number of piperazine rings is 1. The summed E-state index contributed by atoms with van der Waals surface area (Å²) in [5, 5.41) is 10.0. The number of benzene rings is 1. The number of halogens is 1. The maximum atomic E-state index is 12.8. The van der Waals surface area contributed by atoms with Gasteiger partial charge in [-0.1, -0.05) is 12.1 Å². The van der Waals surface area contributed by atoms with E-state index >= 15 is 0 Å². The molecule has 34 heavy (non-hydrogen) atoms. The standard InChI is InChI=1S/C23H34ClN5O5/c1-22(2,3)33-20(31)29(21(32)34-23(4,5)6)19(25)26-28-12-10-27(11-13-28)18(30)17-9-7-8-16(14-17)15-24/h7-9,14H,10-13,15H2,1-6H3,(H2,25,26). The number of hydrogen-bond donors (Lipinski definition) is 2. The number of imide groups is 1. The lowest BCUT2D eigenvalue weighted by molar-refractivity contribution is 0.0124. The molecule has 0 atom stereocenters. The minimum absolute atomic E-state index is 0.106. The number of alkyl halides is 1. The van der Waals surface area contributed by atoms with E-state index in [0.29, 0.717) is 42.5 Å². The third-order valence-electron chi connectivity index (χ3n) is 4.53. The summed E-state index contributed by atoms with van der Waals surface area (Å²) in [6, 6.07) is 7.18. The van der Waals surface area contributed by atoms with E-state index in [0.717, 1.165) is 5.56 Å². The molecule has 0 unspecified atom stereocenters. The van der Waals surface area contributed by atoms with Crippen LogP contribution in [0.4, 0.5) is 9.59 Å². The average Bonchev–Trinajstić information content (AvgIpc) is 2.71. The number of amides is 3. The second-order valence-electron chi connectivity index (χ2n) is 9.87. The topological polar surface area (TPSA) is 115 Å². The molecule has 11 heteroatoms. The summed E-state index contributed by atoms with van der Waals surface area (Å²) in [7, 11) is 0. The van der Waals surface area contributed by atoms with Gasteiger partial charge in [-0.2, -0.15) is 0 Å². The number of hydrazine groups is 1. The molecular formula is C23H34ClN5O5. The van der Waals surface area contributed by atoms with Crippen molar-refractivity contribution in [3.63, 3.8) is 0 Å². The normalized spacial score (nSPS) is 14.9. The van der Waals surface area contributed by atoms with E-state index in [1.807, 2.05) is 6.07 Å². The van der Waals surface area contributed by atoms with Gasteiger partial charge >= 0.3 is 12.2 Å². The van der Waals surface area contributed by atoms with Crippen LogP contribution in [0.15, 0.2) is 24.3 Å². The third kappa shape index (κ3) is 8.18. The minimum Gasteiger partial charge on any atom is -0.443 e. The molecule has 0 aromatic heterocycles. The van der Waals surface area contributed by atoms with Gasteiger partial charge in [0.05, 0.1) is 0 Å². The van der Waals surface area contributed by atoms with Crippen LogP contribution in [0.5, 0.6) is 0 Å².